The summed E-state index contributed by atoms with van der Waals surface area (Å²) in [4.78, 5) is 39.7. The maximum absolute atomic E-state index is 12.4. The van der Waals surface area contributed by atoms with Crippen molar-refractivity contribution in [1.29, 1.82) is 0 Å². The van der Waals surface area contributed by atoms with Gasteiger partial charge in [0.15, 0.2) is 12.4 Å². The van der Waals surface area contributed by atoms with Crippen LogP contribution in [0.15, 0.2) is 12.1 Å². The maximum atomic E-state index is 12.4. The van der Waals surface area contributed by atoms with E-state index < -0.39 is 29.1 Å². The van der Waals surface area contributed by atoms with Crippen molar-refractivity contribution in [3.8, 4) is 5.75 Å². The van der Waals surface area contributed by atoms with Gasteiger partial charge >= 0.3 is 5.82 Å². The molecule has 0 aromatic carbocycles. The Labute approximate surface area is 161 Å². The van der Waals surface area contributed by atoms with Crippen LogP contribution in [0.1, 0.15) is 24.0 Å². The number of ether oxygens (including phenoxy) is 2. The second-order valence-corrected chi connectivity index (χ2v) is 7.02. The summed E-state index contributed by atoms with van der Waals surface area (Å²) in [5.74, 6) is -1.40. The van der Waals surface area contributed by atoms with E-state index >= 15 is 0 Å². The molecule has 1 unspecified atom stereocenters. The van der Waals surface area contributed by atoms with Crippen LogP contribution >= 0.6 is 11.3 Å². The summed E-state index contributed by atoms with van der Waals surface area (Å²) >= 11 is 1.20. The summed E-state index contributed by atoms with van der Waals surface area (Å²) in [6.45, 7) is -0.0103. The van der Waals surface area contributed by atoms with Crippen LogP contribution in [0, 0.1) is 10.1 Å². The number of pyridine rings is 1. The number of nitrogens with zero attached hydrogens (tertiary/aromatic N) is 5. The molecule has 12 nitrogen and oxygen atoms in total. The third kappa shape index (κ3) is 3.61. The Morgan fingerprint density at radius 1 is 1.43 bits per heavy atom. The smallest absolute Gasteiger partial charge is 0.366 e. The van der Waals surface area contributed by atoms with Crippen LogP contribution in [0.4, 0.5) is 16.8 Å². The van der Waals surface area contributed by atoms with Crippen molar-refractivity contribution in [3.05, 3.63) is 27.3 Å². The minimum atomic E-state index is -0.689. The fourth-order valence-electron chi connectivity index (χ4n) is 2.82. The van der Waals surface area contributed by atoms with E-state index in [0.717, 1.165) is 17.7 Å². The molecule has 2 amide bonds. The first kappa shape index (κ1) is 18.2. The fraction of sp³-hybridized carbons (Fsp3) is 0.400. The molecule has 0 radical (unpaired) electrons. The number of anilines is 2. The molecule has 2 aromatic heterocycles. The molecule has 2 aliphatic heterocycles. The van der Waals surface area contributed by atoms with Crippen LogP contribution < -0.4 is 15.0 Å². The molecule has 1 atom stereocenters. The minimum Gasteiger partial charge on any atom is -0.477 e. The molecule has 0 bridgehead atoms. The molecule has 146 valence electrons. The molecule has 1 fully saturated rings. The van der Waals surface area contributed by atoms with Crippen LogP contribution in [-0.2, 0) is 14.3 Å². The van der Waals surface area contributed by atoms with E-state index in [0.29, 0.717) is 11.6 Å². The van der Waals surface area contributed by atoms with Gasteiger partial charge in [0.25, 0.3) is 11.7 Å². The average Bonchev–Trinajstić information content (AvgIpc) is 3.35. The molecule has 4 rings (SSSR count). The van der Waals surface area contributed by atoms with Crippen molar-refractivity contribution in [3.63, 3.8) is 0 Å². The Bertz CT molecular complexity index is 943. The maximum Gasteiger partial charge on any atom is 0.366 e. The molecule has 2 aliphatic rings. The van der Waals surface area contributed by atoms with Gasteiger partial charge in [0, 0.05) is 12.7 Å². The Morgan fingerprint density at radius 3 is 3.04 bits per heavy atom. The van der Waals surface area contributed by atoms with Gasteiger partial charge in [-0.25, -0.2) is 0 Å². The van der Waals surface area contributed by atoms with E-state index in [1.54, 1.807) is 0 Å². The molecule has 0 spiro atoms. The van der Waals surface area contributed by atoms with Crippen LogP contribution in [0.25, 0.3) is 0 Å². The van der Waals surface area contributed by atoms with E-state index in [4.69, 9.17) is 9.47 Å². The molecule has 4 heterocycles. The molecule has 13 heteroatoms. The summed E-state index contributed by atoms with van der Waals surface area (Å²) < 4.78 is 10.7. The highest BCUT2D eigenvalue weighted by Gasteiger charge is 2.34. The van der Waals surface area contributed by atoms with Crippen LogP contribution in [-0.4, -0.2) is 51.7 Å². The fourth-order valence-corrected chi connectivity index (χ4v) is 3.67. The zero-order valence-electron chi connectivity index (χ0n) is 14.4. The number of rotatable bonds is 5. The third-order valence-electron chi connectivity index (χ3n) is 4.11. The van der Waals surface area contributed by atoms with E-state index in [1.807, 2.05) is 0 Å². The second-order valence-electron chi connectivity index (χ2n) is 6.01. The minimum absolute atomic E-state index is 0.0714. The second kappa shape index (κ2) is 7.44. The number of amides is 2. The van der Waals surface area contributed by atoms with Gasteiger partial charge in [0.2, 0.25) is 11.0 Å². The van der Waals surface area contributed by atoms with E-state index in [1.165, 1.54) is 23.5 Å². The summed E-state index contributed by atoms with van der Waals surface area (Å²) in [6, 6.07) is 2.51. The lowest BCUT2D eigenvalue weighted by Gasteiger charge is -2.24. The Morgan fingerprint density at radius 2 is 2.29 bits per heavy atom. The summed E-state index contributed by atoms with van der Waals surface area (Å²) in [7, 11) is 0. The van der Waals surface area contributed by atoms with E-state index in [2.05, 4.69) is 20.5 Å². The largest absolute Gasteiger partial charge is 0.477 e. The van der Waals surface area contributed by atoms with Crippen LogP contribution in [0.2, 0.25) is 0 Å². The van der Waals surface area contributed by atoms with E-state index in [-0.39, 0.29) is 29.4 Å². The number of nitrogens with one attached hydrogen (secondary N) is 1. The Kier molecular flexibility index (Phi) is 4.83. The molecule has 1 saturated heterocycles. The highest BCUT2D eigenvalue weighted by Crippen LogP contribution is 2.33. The SMILES string of the molecule is O=C(CN1C(=O)COc2ccc([N+](=O)[O-])nc21)Nc1nnc(C2CCCO2)s1. The van der Waals surface area contributed by atoms with Crippen LogP contribution in [0.5, 0.6) is 5.75 Å². The zero-order chi connectivity index (χ0) is 19.7. The number of aromatic nitrogens is 3. The first-order valence-corrected chi connectivity index (χ1v) is 9.16. The number of hydrogen-bond donors (Lipinski definition) is 1. The van der Waals surface area contributed by atoms with Crippen molar-refractivity contribution in [1.82, 2.24) is 15.2 Å². The van der Waals surface area contributed by atoms with E-state index in [9.17, 15) is 19.7 Å². The van der Waals surface area contributed by atoms with Crippen molar-refractivity contribution in [2.75, 3.05) is 30.0 Å². The monoisotopic (exact) mass is 406 g/mol. The molecule has 28 heavy (non-hydrogen) atoms. The number of carbonyl (C=O) groups excluding carboxylic acids is 2. The lowest BCUT2D eigenvalue weighted by atomic mass is 10.2. The van der Waals surface area contributed by atoms with Gasteiger partial charge in [-0.05, 0) is 28.8 Å². The highest BCUT2D eigenvalue weighted by atomic mass is 32.1. The molecule has 0 aliphatic carbocycles. The summed E-state index contributed by atoms with van der Waals surface area (Å²) in [6.07, 6.45) is 1.69. The van der Waals surface area contributed by atoms with Crippen molar-refractivity contribution in [2.45, 2.75) is 18.9 Å². The molecule has 2 aromatic rings. The molecule has 1 N–H and O–H groups in total. The summed E-state index contributed by atoms with van der Waals surface area (Å²) in [5.41, 5.74) is 0. The third-order valence-corrected chi connectivity index (χ3v) is 5.04. The van der Waals surface area contributed by atoms with Crippen LogP contribution in [0.3, 0.4) is 0 Å². The quantitative estimate of drug-likeness (QED) is 0.568. The van der Waals surface area contributed by atoms with Crippen molar-refractivity contribution < 1.29 is 24.0 Å². The van der Waals surface area contributed by atoms with Gasteiger partial charge in [-0.2, -0.15) is 0 Å². The highest BCUT2D eigenvalue weighted by molar-refractivity contribution is 7.15. The zero-order valence-corrected chi connectivity index (χ0v) is 15.2. The number of fused-ring (bicyclic) bond motifs is 1. The Balaban J connectivity index is 1.48. The first-order chi connectivity index (χ1) is 13.5. The molecular weight excluding hydrogens is 392 g/mol. The number of nitro groups is 1. The van der Waals surface area contributed by atoms with Gasteiger partial charge in [0.1, 0.15) is 17.7 Å². The first-order valence-electron chi connectivity index (χ1n) is 8.35. The average molecular weight is 406 g/mol. The predicted molar refractivity (Wildman–Crippen MR) is 95.2 cm³/mol. The number of carbonyl (C=O) groups is 2. The van der Waals surface area contributed by atoms with Gasteiger partial charge in [-0.3, -0.25) is 19.8 Å². The lowest BCUT2D eigenvalue weighted by Crippen LogP contribution is -2.44. The lowest BCUT2D eigenvalue weighted by molar-refractivity contribution is -0.389. The standard InChI is InChI=1S/C15H14N6O6S/c22-11(17-15-19-18-14(28-15)9-2-1-5-26-9)6-20-12(23)7-27-8-3-4-10(21(24)25)16-13(8)20/h3-4,9H,1-2,5-7H2,(H,17,19,22). The van der Waals surface area contributed by atoms with Gasteiger partial charge in [-0.1, -0.05) is 11.3 Å². The normalized spacial score (nSPS) is 18.5. The van der Waals surface area contributed by atoms with Gasteiger partial charge in [0.05, 0.1) is 0 Å². The molecular formula is C15H14N6O6S. The summed E-state index contributed by atoms with van der Waals surface area (Å²) in [5, 5.41) is 22.4. The molecule has 0 saturated carbocycles. The van der Waals surface area contributed by atoms with Gasteiger partial charge < -0.3 is 19.6 Å². The predicted octanol–water partition coefficient (Wildman–Crippen LogP) is 1.06. The van der Waals surface area contributed by atoms with Gasteiger partial charge in [-0.15, -0.1) is 10.2 Å². The Hall–Kier alpha value is -3.19. The topological polar surface area (TPSA) is 150 Å². The van der Waals surface area contributed by atoms with Crippen molar-refractivity contribution >= 4 is 39.9 Å². The number of hydrogen-bond acceptors (Lipinski definition) is 10. The van der Waals surface area contributed by atoms with Crippen molar-refractivity contribution in [2.24, 2.45) is 0 Å².